The average Bonchev–Trinajstić information content (AvgIpc) is 2.90. The Morgan fingerprint density at radius 3 is 2.52 bits per heavy atom. The van der Waals surface area contributed by atoms with Gasteiger partial charge in [0, 0.05) is 13.1 Å². The minimum absolute atomic E-state index is 0.0619. The lowest BCUT2D eigenvalue weighted by atomic mass is 9.99. The maximum atomic E-state index is 12.6. The second-order valence-electron chi connectivity index (χ2n) is 6.18. The first-order valence-electron chi connectivity index (χ1n) is 7.55. The molecule has 0 radical (unpaired) electrons. The molecule has 2 aromatic rings. The normalized spacial score (nSPS) is 22.5. The molecule has 0 aromatic heterocycles. The van der Waals surface area contributed by atoms with Crippen LogP contribution in [0.5, 0.6) is 0 Å². The number of hydrogen-bond acceptors (Lipinski definition) is 3. The maximum absolute atomic E-state index is 12.6. The highest BCUT2D eigenvalue weighted by Gasteiger charge is 2.39. The number of aliphatic carboxylic acids is 1. The third-order valence-corrected chi connectivity index (χ3v) is 6.24. The Hall–Kier alpha value is -1.92. The van der Waals surface area contributed by atoms with Crippen molar-refractivity contribution in [2.75, 3.05) is 13.1 Å². The number of benzene rings is 2. The van der Waals surface area contributed by atoms with E-state index in [1.54, 1.807) is 6.92 Å². The van der Waals surface area contributed by atoms with E-state index in [1.807, 2.05) is 42.5 Å². The first-order chi connectivity index (χ1) is 10.9. The van der Waals surface area contributed by atoms with Crippen LogP contribution in [0.1, 0.15) is 12.5 Å². The molecule has 0 spiro atoms. The molecular weight excluding hydrogens is 314 g/mol. The smallest absolute Gasteiger partial charge is 0.308 e. The molecule has 5 nitrogen and oxygen atoms in total. The fourth-order valence-corrected chi connectivity index (χ4v) is 4.73. The van der Waals surface area contributed by atoms with E-state index in [9.17, 15) is 13.2 Å². The highest BCUT2D eigenvalue weighted by atomic mass is 32.2. The SMILES string of the molecule is C[C@@H]1CN(S(=O)(=O)Cc2ccc3ccccc3c2)C[C@H]1C(=O)O. The number of hydrogen-bond donors (Lipinski definition) is 1. The van der Waals surface area contributed by atoms with Crippen LogP contribution < -0.4 is 0 Å². The van der Waals surface area contributed by atoms with Crippen molar-refractivity contribution in [1.82, 2.24) is 4.31 Å². The van der Waals surface area contributed by atoms with Gasteiger partial charge in [0.15, 0.2) is 0 Å². The van der Waals surface area contributed by atoms with Crippen molar-refractivity contribution in [3.8, 4) is 0 Å². The van der Waals surface area contributed by atoms with E-state index in [0.29, 0.717) is 0 Å². The number of carboxylic acids is 1. The number of nitrogens with zero attached hydrogens (tertiary/aromatic N) is 1. The van der Waals surface area contributed by atoms with Crippen molar-refractivity contribution in [3.63, 3.8) is 0 Å². The van der Waals surface area contributed by atoms with E-state index in [-0.39, 0.29) is 24.8 Å². The Balaban J connectivity index is 1.81. The first-order valence-corrected chi connectivity index (χ1v) is 9.16. The van der Waals surface area contributed by atoms with E-state index in [1.165, 1.54) is 4.31 Å². The molecule has 122 valence electrons. The number of rotatable bonds is 4. The van der Waals surface area contributed by atoms with E-state index in [0.717, 1.165) is 16.3 Å². The monoisotopic (exact) mass is 333 g/mol. The standard InChI is InChI=1S/C17H19NO4S/c1-12-9-18(10-16(12)17(19)20)23(21,22)11-13-6-7-14-4-2-3-5-15(14)8-13/h2-8,12,16H,9-11H2,1H3,(H,19,20)/t12-,16-/m1/s1. The van der Waals surface area contributed by atoms with Gasteiger partial charge in [-0.2, -0.15) is 0 Å². The van der Waals surface area contributed by atoms with Crippen LogP contribution in [0.15, 0.2) is 42.5 Å². The van der Waals surface area contributed by atoms with Gasteiger partial charge in [0.2, 0.25) is 10.0 Å². The van der Waals surface area contributed by atoms with Crippen LogP contribution in [0.3, 0.4) is 0 Å². The predicted molar refractivity (Wildman–Crippen MR) is 88.4 cm³/mol. The van der Waals surface area contributed by atoms with Gasteiger partial charge < -0.3 is 5.11 Å². The second kappa shape index (κ2) is 5.94. The Labute approximate surface area is 135 Å². The molecule has 0 bridgehead atoms. The largest absolute Gasteiger partial charge is 0.481 e. The molecule has 3 rings (SSSR count). The zero-order valence-corrected chi connectivity index (χ0v) is 13.7. The van der Waals surface area contributed by atoms with E-state index >= 15 is 0 Å². The number of fused-ring (bicyclic) bond motifs is 1. The van der Waals surface area contributed by atoms with Gasteiger partial charge in [-0.3, -0.25) is 4.79 Å². The lowest BCUT2D eigenvalue weighted by Crippen LogP contribution is -2.31. The van der Waals surface area contributed by atoms with Crippen LogP contribution in [0.2, 0.25) is 0 Å². The molecule has 23 heavy (non-hydrogen) atoms. The molecule has 2 atom stereocenters. The van der Waals surface area contributed by atoms with Gasteiger partial charge in [-0.15, -0.1) is 0 Å². The number of sulfonamides is 1. The van der Waals surface area contributed by atoms with Crippen LogP contribution in [0.25, 0.3) is 10.8 Å². The van der Waals surface area contributed by atoms with Crippen LogP contribution >= 0.6 is 0 Å². The van der Waals surface area contributed by atoms with E-state index in [4.69, 9.17) is 5.11 Å². The molecule has 1 saturated heterocycles. The minimum atomic E-state index is -3.51. The van der Waals surface area contributed by atoms with Crippen molar-refractivity contribution in [1.29, 1.82) is 0 Å². The topological polar surface area (TPSA) is 74.7 Å². The summed E-state index contributed by atoms with van der Waals surface area (Å²) in [5.74, 6) is -1.82. The van der Waals surface area contributed by atoms with E-state index in [2.05, 4.69) is 0 Å². The first kappa shape index (κ1) is 16.0. The summed E-state index contributed by atoms with van der Waals surface area (Å²) in [6.45, 7) is 2.11. The highest BCUT2D eigenvalue weighted by molar-refractivity contribution is 7.88. The molecule has 1 heterocycles. The summed E-state index contributed by atoms with van der Waals surface area (Å²) in [5.41, 5.74) is 0.718. The van der Waals surface area contributed by atoms with Gasteiger partial charge in [0.25, 0.3) is 0 Å². The molecule has 0 amide bonds. The molecule has 0 saturated carbocycles. The molecule has 1 aliphatic heterocycles. The van der Waals surface area contributed by atoms with Gasteiger partial charge in [-0.25, -0.2) is 12.7 Å². The van der Waals surface area contributed by atoms with Crippen LogP contribution in [0, 0.1) is 11.8 Å². The molecule has 1 N–H and O–H groups in total. The third-order valence-electron chi connectivity index (χ3n) is 4.45. The Morgan fingerprint density at radius 2 is 1.87 bits per heavy atom. The summed E-state index contributed by atoms with van der Waals surface area (Å²) in [5, 5.41) is 11.2. The summed E-state index contributed by atoms with van der Waals surface area (Å²) < 4.78 is 26.5. The van der Waals surface area contributed by atoms with Crippen molar-refractivity contribution in [2.45, 2.75) is 12.7 Å². The second-order valence-corrected chi connectivity index (χ2v) is 8.15. The molecule has 2 aromatic carbocycles. The van der Waals surface area contributed by atoms with Crippen molar-refractivity contribution in [2.24, 2.45) is 11.8 Å². The van der Waals surface area contributed by atoms with Crippen molar-refractivity contribution >= 4 is 26.8 Å². The molecule has 6 heteroatoms. The van der Waals surface area contributed by atoms with Gasteiger partial charge in [0.1, 0.15) is 0 Å². The minimum Gasteiger partial charge on any atom is -0.481 e. The number of carbonyl (C=O) groups is 1. The summed E-state index contributed by atoms with van der Waals surface area (Å²) >= 11 is 0. The maximum Gasteiger partial charge on any atom is 0.308 e. The lowest BCUT2D eigenvalue weighted by Gasteiger charge is -2.16. The Kier molecular flexibility index (Phi) is 4.12. The Morgan fingerprint density at radius 1 is 1.17 bits per heavy atom. The van der Waals surface area contributed by atoms with Gasteiger partial charge in [-0.1, -0.05) is 49.4 Å². The van der Waals surface area contributed by atoms with Gasteiger partial charge in [-0.05, 0) is 22.3 Å². The highest BCUT2D eigenvalue weighted by Crippen LogP contribution is 2.27. The molecule has 0 aliphatic carbocycles. The van der Waals surface area contributed by atoms with Crippen molar-refractivity contribution < 1.29 is 18.3 Å². The summed E-state index contributed by atoms with van der Waals surface area (Å²) in [4.78, 5) is 11.2. The van der Waals surface area contributed by atoms with Crippen LogP contribution in [0.4, 0.5) is 0 Å². The molecule has 1 aliphatic rings. The summed E-state index contributed by atoms with van der Waals surface area (Å²) in [6, 6.07) is 13.4. The Bertz CT molecular complexity index is 847. The predicted octanol–water partition coefficient (Wildman–Crippen LogP) is 2.32. The summed E-state index contributed by atoms with van der Waals surface area (Å²) in [6.07, 6.45) is 0. The molecule has 1 fully saturated rings. The third kappa shape index (κ3) is 3.23. The molecular formula is C17H19NO4S. The van der Waals surface area contributed by atoms with E-state index < -0.39 is 21.9 Å². The van der Waals surface area contributed by atoms with Gasteiger partial charge in [0.05, 0.1) is 11.7 Å². The van der Waals surface area contributed by atoms with Crippen LogP contribution in [-0.4, -0.2) is 36.9 Å². The zero-order chi connectivity index (χ0) is 16.6. The quantitative estimate of drug-likeness (QED) is 0.932. The molecule has 0 unspecified atom stereocenters. The lowest BCUT2D eigenvalue weighted by molar-refractivity contribution is -0.142. The fourth-order valence-electron chi connectivity index (χ4n) is 3.10. The summed E-state index contributed by atoms with van der Waals surface area (Å²) in [7, 11) is -3.51. The van der Waals surface area contributed by atoms with Gasteiger partial charge >= 0.3 is 5.97 Å². The van der Waals surface area contributed by atoms with Crippen molar-refractivity contribution in [3.05, 3.63) is 48.0 Å². The fraction of sp³-hybridized carbons (Fsp3) is 0.353. The van der Waals surface area contributed by atoms with Crippen LogP contribution in [-0.2, 0) is 20.6 Å². The zero-order valence-electron chi connectivity index (χ0n) is 12.8. The average molecular weight is 333 g/mol. The number of carboxylic acid groups (broad SMARTS) is 1.